The maximum Gasteiger partial charge on any atom is 0.306 e. The van der Waals surface area contributed by atoms with Crippen molar-refractivity contribution in [3.8, 4) is 0 Å². The van der Waals surface area contributed by atoms with Crippen LogP contribution in [-0.4, -0.2) is 43.4 Å². The molecule has 3 unspecified atom stereocenters. The molecular formula is C24H42O6S2. The summed E-state index contributed by atoms with van der Waals surface area (Å²) in [5, 5.41) is 18.8. The van der Waals surface area contributed by atoms with Crippen LogP contribution in [0.3, 0.4) is 0 Å². The van der Waals surface area contributed by atoms with Gasteiger partial charge in [-0.15, -0.1) is 0 Å². The van der Waals surface area contributed by atoms with Crippen molar-refractivity contribution in [3.63, 3.8) is 0 Å². The van der Waals surface area contributed by atoms with Crippen LogP contribution < -0.4 is 0 Å². The lowest BCUT2D eigenvalue weighted by atomic mass is 9.94. The van der Waals surface area contributed by atoms with Crippen LogP contribution in [-0.2, 0) is 19.2 Å². The van der Waals surface area contributed by atoms with Gasteiger partial charge < -0.3 is 10.2 Å². The Morgan fingerprint density at radius 3 is 2.06 bits per heavy atom. The van der Waals surface area contributed by atoms with Gasteiger partial charge in [0, 0.05) is 30.3 Å². The van der Waals surface area contributed by atoms with Crippen LogP contribution in [0.15, 0.2) is 0 Å². The van der Waals surface area contributed by atoms with Crippen molar-refractivity contribution in [1.82, 2.24) is 0 Å². The molecule has 186 valence electrons. The van der Waals surface area contributed by atoms with E-state index in [0.717, 1.165) is 57.1 Å². The molecule has 0 spiro atoms. The number of carboxylic acids is 2. The molecule has 0 fully saturated rings. The average molecular weight is 491 g/mol. The monoisotopic (exact) mass is 490 g/mol. The molecule has 8 heteroatoms. The Hall–Kier alpha value is -1.02. The number of carboxylic acid groups (broad SMARTS) is 2. The largest absolute Gasteiger partial charge is 0.481 e. The zero-order chi connectivity index (χ0) is 24.4. The third kappa shape index (κ3) is 17.5. The van der Waals surface area contributed by atoms with Crippen LogP contribution in [0.1, 0.15) is 104 Å². The number of carbonyl (C=O) groups is 4. The molecule has 3 atom stereocenters. The predicted molar refractivity (Wildman–Crippen MR) is 133 cm³/mol. The highest BCUT2D eigenvalue weighted by molar-refractivity contribution is 8.14. The van der Waals surface area contributed by atoms with Gasteiger partial charge in [0.15, 0.2) is 10.2 Å². The third-order valence-corrected chi connectivity index (χ3v) is 7.55. The van der Waals surface area contributed by atoms with Gasteiger partial charge in [-0.2, -0.15) is 0 Å². The molecule has 2 N–H and O–H groups in total. The van der Waals surface area contributed by atoms with Gasteiger partial charge in [-0.3, -0.25) is 19.2 Å². The topological polar surface area (TPSA) is 109 Å². The number of rotatable bonds is 20. The fourth-order valence-corrected chi connectivity index (χ4v) is 5.84. The number of hydrogen-bond acceptors (Lipinski definition) is 6. The number of aliphatic carboxylic acids is 2. The summed E-state index contributed by atoms with van der Waals surface area (Å²) in [6.07, 6.45) is 9.36. The van der Waals surface area contributed by atoms with Crippen molar-refractivity contribution >= 4 is 45.7 Å². The molecule has 0 aromatic heterocycles. The van der Waals surface area contributed by atoms with Crippen LogP contribution in [0.4, 0.5) is 0 Å². The van der Waals surface area contributed by atoms with Crippen LogP contribution in [0, 0.1) is 11.8 Å². The van der Waals surface area contributed by atoms with Crippen molar-refractivity contribution in [1.29, 1.82) is 0 Å². The van der Waals surface area contributed by atoms with Crippen LogP contribution >= 0.6 is 23.5 Å². The fraction of sp³-hybridized carbons (Fsp3) is 0.833. The molecule has 6 nitrogen and oxygen atoms in total. The Bertz CT molecular complexity index is 567. The minimum Gasteiger partial charge on any atom is -0.481 e. The molecule has 0 aliphatic carbocycles. The Labute approximate surface area is 202 Å². The van der Waals surface area contributed by atoms with Gasteiger partial charge in [-0.05, 0) is 44.4 Å². The Kier molecular flexibility index (Phi) is 18.8. The first-order valence-corrected chi connectivity index (χ1v) is 13.9. The summed E-state index contributed by atoms with van der Waals surface area (Å²) < 4.78 is 0. The zero-order valence-corrected chi connectivity index (χ0v) is 21.6. The predicted octanol–water partition coefficient (Wildman–Crippen LogP) is 6.41. The van der Waals surface area contributed by atoms with E-state index in [4.69, 9.17) is 5.11 Å². The Morgan fingerprint density at radius 2 is 1.47 bits per heavy atom. The van der Waals surface area contributed by atoms with Crippen molar-refractivity contribution in [3.05, 3.63) is 0 Å². The van der Waals surface area contributed by atoms with E-state index in [9.17, 15) is 24.3 Å². The van der Waals surface area contributed by atoms with E-state index in [2.05, 4.69) is 6.92 Å². The van der Waals surface area contributed by atoms with Crippen molar-refractivity contribution < 1.29 is 29.4 Å². The number of thioether (sulfide) groups is 2. The first-order valence-electron chi connectivity index (χ1n) is 12.0. The lowest BCUT2D eigenvalue weighted by Crippen LogP contribution is -2.17. The van der Waals surface area contributed by atoms with E-state index in [1.807, 2.05) is 6.92 Å². The molecule has 0 aromatic carbocycles. The standard InChI is InChI=1S/C24H42O6S2/c1-4-10-20(32-22(27)11-5-2)14-13-19(24(29)30)12-8-6-7-9-15-31-23(28)17-18(3)16-21(25)26/h18-20H,4-17H2,1-3H3,(H,25,26)(H,29,30). The highest BCUT2D eigenvalue weighted by Crippen LogP contribution is 2.27. The number of hydrogen-bond donors (Lipinski definition) is 2. The van der Waals surface area contributed by atoms with Crippen LogP contribution in [0.2, 0.25) is 0 Å². The van der Waals surface area contributed by atoms with E-state index in [0.29, 0.717) is 25.7 Å². The molecule has 0 aromatic rings. The quantitative estimate of drug-likeness (QED) is 0.188. The second-order valence-electron chi connectivity index (χ2n) is 8.59. The van der Waals surface area contributed by atoms with Gasteiger partial charge in [0.2, 0.25) is 0 Å². The molecule has 0 bridgehead atoms. The molecule has 0 radical (unpaired) electrons. The fourth-order valence-electron chi connectivity index (χ4n) is 3.56. The summed E-state index contributed by atoms with van der Waals surface area (Å²) in [6.45, 7) is 5.86. The smallest absolute Gasteiger partial charge is 0.306 e. The molecule has 0 rings (SSSR count). The minimum atomic E-state index is -0.875. The van der Waals surface area contributed by atoms with E-state index < -0.39 is 11.9 Å². The van der Waals surface area contributed by atoms with Gasteiger partial charge in [-0.25, -0.2) is 0 Å². The third-order valence-electron chi connectivity index (χ3n) is 5.30. The van der Waals surface area contributed by atoms with Gasteiger partial charge in [0.05, 0.1) is 5.92 Å². The van der Waals surface area contributed by atoms with E-state index >= 15 is 0 Å². The maximum absolute atomic E-state index is 11.9. The summed E-state index contributed by atoms with van der Waals surface area (Å²) in [4.78, 5) is 46.1. The molecule has 0 aliphatic rings. The molecule has 0 heterocycles. The Morgan fingerprint density at radius 1 is 0.781 bits per heavy atom. The number of carbonyl (C=O) groups excluding carboxylic acids is 2. The normalized spacial score (nSPS) is 14.0. The van der Waals surface area contributed by atoms with Gasteiger partial charge in [0.1, 0.15) is 0 Å². The first-order chi connectivity index (χ1) is 15.2. The minimum absolute atomic E-state index is 0.0178. The molecule has 0 aliphatic heterocycles. The molecular weight excluding hydrogens is 448 g/mol. The average Bonchev–Trinajstić information content (AvgIpc) is 2.68. The van der Waals surface area contributed by atoms with E-state index in [1.165, 1.54) is 23.5 Å². The second-order valence-corrected chi connectivity index (χ2v) is 11.1. The Balaban J connectivity index is 4.08. The van der Waals surface area contributed by atoms with Crippen LogP contribution in [0.25, 0.3) is 0 Å². The van der Waals surface area contributed by atoms with Crippen LogP contribution in [0.5, 0.6) is 0 Å². The van der Waals surface area contributed by atoms with Gasteiger partial charge >= 0.3 is 11.9 Å². The SMILES string of the molecule is CCCC(=O)SC(CCC)CCC(CCCCCCSC(=O)CC(C)CC(=O)O)C(=O)O. The zero-order valence-electron chi connectivity index (χ0n) is 20.0. The summed E-state index contributed by atoms with van der Waals surface area (Å²) in [6, 6.07) is 0. The highest BCUT2D eigenvalue weighted by atomic mass is 32.2. The van der Waals surface area contributed by atoms with Crippen molar-refractivity contribution in [2.45, 2.75) is 109 Å². The lowest BCUT2D eigenvalue weighted by Gasteiger charge is -2.18. The van der Waals surface area contributed by atoms with Crippen molar-refractivity contribution in [2.75, 3.05) is 5.75 Å². The summed E-state index contributed by atoms with van der Waals surface area (Å²) in [5.41, 5.74) is 0. The van der Waals surface area contributed by atoms with E-state index in [-0.39, 0.29) is 33.7 Å². The van der Waals surface area contributed by atoms with Gasteiger partial charge in [-0.1, -0.05) is 70.0 Å². The van der Waals surface area contributed by atoms with Crippen molar-refractivity contribution in [2.24, 2.45) is 11.8 Å². The first kappa shape index (κ1) is 31.0. The summed E-state index contributed by atoms with van der Waals surface area (Å²) in [5.74, 6) is -1.40. The number of unbranched alkanes of at least 4 members (excludes halogenated alkanes) is 3. The van der Waals surface area contributed by atoms with Gasteiger partial charge in [0.25, 0.3) is 0 Å². The molecule has 0 amide bonds. The highest BCUT2D eigenvalue weighted by Gasteiger charge is 2.21. The van der Waals surface area contributed by atoms with E-state index in [1.54, 1.807) is 6.92 Å². The second kappa shape index (κ2) is 19.4. The summed E-state index contributed by atoms with van der Waals surface area (Å²) in [7, 11) is 0. The molecule has 0 saturated heterocycles. The molecule has 32 heavy (non-hydrogen) atoms. The lowest BCUT2D eigenvalue weighted by molar-refractivity contribution is -0.142. The molecule has 0 saturated carbocycles. The summed E-state index contributed by atoms with van der Waals surface area (Å²) >= 11 is 2.67. The maximum atomic E-state index is 11.9.